The van der Waals surface area contributed by atoms with Crippen LogP contribution in [0, 0.1) is 5.92 Å². The minimum atomic E-state index is 0.951. The zero-order valence-electron chi connectivity index (χ0n) is 9.92. The fourth-order valence-corrected chi connectivity index (χ4v) is 2.85. The molecule has 88 valence electrons. The maximum absolute atomic E-state index is 5.72. The van der Waals surface area contributed by atoms with E-state index in [1.165, 1.54) is 58.0 Å². The molecule has 0 amide bonds. The Bertz CT molecular complexity index is 142. The van der Waals surface area contributed by atoms with E-state index < -0.39 is 0 Å². The van der Waals surface area contributed by atoms with Crippen molar-refractivity contribution < 1.29 is 4.74 Å². The van der Waals surface area contributed by atoms with Gasteiger partial charge in [0.25, 0.3) is 0 Å². The van der Waals surface area contributed by atoms with Crippen LogP contribution in [0.1, 0.15) is 44.9 Å². The molecule has 1 aliphatic heterocycles. The second-order valence-electron chi connectivity index (χ2n) is 5.10. The second kappa shape index (κ2) is 6.49. The Hall–Kier alpha value is -0.0800. The molecule has 0 radical (unpaired) electrons. The van der Waals surface area contributed by atoms with Gasteiger partial charge < -0.3 is 9.64 Å². The highest BCUT2D eigenvalue weighted by Crippen LogP contribution is 2.27. The summed E-state index contributed by atoms with van der Waals surface area (Å²) in [4.78, 5) is 2.52. The summed E-state index contributed by atoms with van der Waals surface area (Å²) in [5.41, 5.74) is 0. The van der Waals surface area contributed by atoms with E-state index in [4.69, 9.17) is 4.74 Å². The lowest BCUT2D eigenvalue weighted by molar-refractivity contribution is 0.100. The van der Waals surface area contributed by atoms with Crippen molar-refractivity contribution in [3.05, 3.63) is 0 Å². The summed E-state index contributed by atoms with van der Waals surface area (Å²) in [6, 6.07) is 0. The number of likely N-dealkylation sites (tertiary alicyclic amines) is 1. The molecule has 0 unspecified atom stereocenters. The predicted octanol–water partition coefficient (Wildman–Crippen LogP) is 2.68. The Labute approximate surface area is 94.0 Å². The molecule has 2 aliphatic rings. The zero-order valence-corrected chi connectivity index (χ0v) is 9.92. The lowest BCUT2D eigenvalue weighted by atomic mass is 10.1. The summed E-state index contributed by atoms with van der Waals surface area (Å²) in [7, 11) is 0. The van der Waals surface area contributed by atoms with Crippen LogP contribution in [-0.2, 0) is 4.74 Å². The van der Waals surface area contributed by atoms with E-state index in [0.29, 0.717) is 0 Å². The monoisotopic (exact) mass is 211 g/mol. The predicted molar refractivity (Wildman–Crippen MR) is 63.1 cm³/mol. The molecule has 0 bridgehead atoms. The molecular weight excluding hydrogens is 186 g/mol. The standard InChI is InChI=1S/C13H25NO/c1-2-6-13(5-1)7-11-15-12-10-14-8-3-4-9-14/h13H,1-12H2. The first-order valence-corrected chi connectivity index (χ1v) is 6.75. The fraction of sp³-hybridized carbons (Fsp3) is 1.00. The maximum Gasteiger partial charge on any atom is 0.0593 e. The summed E-state index contributed by atoms with van der Waals surface area (Å²) in [6.07, 6.45) is 9.91. The van der Waals surface area contributed by atoms with Gasteiger partial charge in [-0.15, -0.1) is 0 Å². The highest BCUT2D eigenvalue weighted by Gasteiger charge is 2.14. The molecule has 0 atom stereocenters. The average molecular weight is 211 g/mol. The molecule has 2 fully saturated rings. The van der Waals surface area contributed by atoms with Crippen molar-refractivity contribution >= 4 is 0 Å². The maximum atomic E-state index is 5.72. The Morgan fingerprint density at radius 1 is 0.933 bits per heavy atom. The summed E-state index contributed by atoms with van der Waals surface area (Å²) in [5, 5.41) is 0. The van der Waals surface area contributed by atoms with Crippen molar-refractivity contribution in [2.24, 2.45) is 5.92 Å². The minimum Gasteiger partial charge on any atom is -0.380 e. The lowest BCUT2D eigenvalue weighted by Crippen LogP contribution is -2.24. The Balaban J connectivity index is 1.41. The summed E-state index contributed by atoms with van der Waals surface area (Å²) >= 11 is 0. The van der Waals surface area contributed by atoms with Crippen molar-refractivity contribution in [1.29, 1.82) is 0 Å². The van der Waals surface area contributed by atoms with Crippen molar-refractivity contribution in [1.82, 2.24) is 4.90 Å². The number of hydrogen-bond donors (Lipinski definition) is 0. The van der Waals surface area contributed by atoms with Gasteiger partial charge in [0.15, 0.2) is 0 Å². The SMILES string of the molecule is C1CCC(CCOCCN2CCCC2)C1. The Kier molecular flexibility index (Phi) is 4.94. The third-order valence-corrected chi connectivity index (χ3v) is 3.90. The molecule has 2 rings (SSSR count). The highest BCUT2D eigenvalue weighted by atomic mass is 16.5. The van der Waals surface area contributed by atoms with Gasteiger partial charge in [0.2, 0.25) is 0 Å². The van der Waals surface area contributed by atoms with Crippen LogP contribution in [0.2, 0.25) is 0 Å². The van der Waals surface area contributed by atoms with Gasteiger partial charge in [0.1, 0.15) is 0 Å². The number of hydrogen-bond acceptors (Lipinski definition) is 2. The average Bonchev–Trinajstić information content (AvgIpc) is 2.88. The first-order chi connectivity index (χ1) is 7.45. The van der Waals surface area contributed by atoms with Crippen molar-refractivity contribution in [2.45, 2.75) is 44.9 Å². The second-order valence-corrected chi connectivity index (χ2v) is 5.10. The topological polar surface area (TPSA) is 12.5 Å². The van der Waals surface area contributed by atoms with Crippen LogP contribution in [0.5, 0.6) is 0 Å². The van der Waals surface area contributed by atoms with E-state index in [-0.39, 0.29) is 0 Å². The van der Waals surface area contributed by atoms with E-state index in [2.05, 4.69) is 4.90 Å². The van der Waals surface area contributed by atoms with Crippen LogP contribution in [0.15, 0.2) is 0 Å². The third kappa shape index (κ3) is 4.12. The van der Waals surface area contributed by atoms with Crippen LogP contribution >= 0.6 is 0 Å². The van der Waals surface area contributed by atoms with Gasteiger partial charge in [-0.3, -0.25) is 0 Å². The van der Waals surface area contributed by atoms with Gasteiger partial charge in [0.05, 0.1) is 6.61 Å². The quantitative estimate of drug-likeness (QED) is 0.626. The van der Waals surface area contributed by atoms with E-state index in [1.807, 2.05) is 0 Å². The minimum absolute atomic E-state index is 0.951. The molecule has 2 heteroatoms. The van der Waals surface area contributed by atoms with Crippen LogP contribution in [0.3, 0.4) is 0 Å². The molecule has 0 aromatic rings. The smallest absolute Gasteiger partial charge is 0.0593 e. The van der Waals surface area contributed by atoms with Gasteiger partial charge >= 0.3 is 0 Å². The van der Waals surface area contributed by atoms with E-state index >= 15 is 0 Å². The Morgan fingerprint density at radius 2 is 1.67 bits per heavy atom. The molecule has 1 saturated heterocycles. The highest BCUT2D eigenvalue weighted by molar-refractivity contribution is 4.67. The molecule has 1 heterocycles. The lowest BCUT2D eigenvalue weighted by Gasteiger charge is -2.15. The van der Waals surface area contributed by atoms with Crippen LogP contribution in [-0.4, -0.2) is 37.7 Å². The van der Waals surface area contributed by atoms with E-state index in [1.54, 1.807) is 0 Å². The van der Waals surface area contributed by atoms with Crippen LogP contribution in [0.4, 0.5) is 0 Å². The molecule has 0 aromatic carbocycles. The van der Waals surface area contributed by atoms with Gasteiger partial charge in [-0.1, -0.05) is 25.7 Å². The van der Waals surface area contributed by atoms with Gasteiger partial charge in [0, 0.05) is 13.2 Å². The normalized spacial score (nSPS) is 24.0. The Morgan fingerprint density at radius 3 is 2.40 bits per heavy atom. The first kappa shape index (κ1) is 11.4. The third-order valence-electron chi connectivity index (χ3n) is 3.90. The summed E-state index contributed by atoms with van der Waals surface area (Å²) < 4.78 is 5.72. The molecule has 0 N–H and O–H groups in total. The largest absolute Gasteiger partial charge is 0.380 e. The number of ether oxygens (including phenoxy) is 1. The van der Waals surface area contributed by atoms with Gasteiger partial charge in [-0.05, 0) is 38.3 Å². The van der Waals surface area contributed by atoms with Crippen molar-refractivity contribution in [2.75, 3.05) is 32.8 Å². The van der Waals surface area contributed by atoms with Gasteiger partial charge in [-0.2, -0.15) is 0 Å². The molecule has 15 heavy (non-hydrogen) atoms. The van der Waals surface area contributed by atoms with Crippen molar-refractivity contribution in [3.63, 3.8) is 0 Å². The van der Waals surface area contributed by atoms with Crippen LogP contribution < -0.4 is 0 Å². The number of rotatable bonds is 6. The first-order valence-electron chi connectivity index (χ1n) is 6.75. The molecular formula is C13H25NO. The van der Waals surface area contributed by atoms with Crippen molar-refractivity contribution in [3.8, 4) is 0 Å². The molecule has 2 nitrogen and oxygen atoms in total. The molecule has 0 spiro atoms. The van der Waals surface area contributed by atoms with Crippen LogP contribution in [0.25, 0.3) is 0 Å². The summed E-state index contributed by atoms with van der Waals surface area (Å²) in [5.74, 6) is 0.983. The van der Waals surface area contributed by atoms with E-state index in [9.17, 15) is 0 Å². The molecule has 1 aliphatic carbocycles. The van der Waals surface area contributed by atoms with Gasteiger partial charge in [-0.25, -0.2) is 0 Å². The summed E-state index contributed by atoms with van der Waals surface area (Å²) in [6.45, 7) is 5.70. The fourth-order valence-electron chi connectivity index (χ4n) is 2.85. The molecule has 0 aromatic heterocycles. The zero-order chi connectivity index (χ0) is 10.3. The number of nitrogens with zero attached hydrogens (tertiary/aromatic N) is 1. The molecule has 1 saturated carbocycles. The van der Waals surface area contributed by atoms with E-state index in [0.717, 1.165) is 25.7 Å².